The average molecular weight is 452 g/mol. The number of rotatable bonds is 5. The molecular weight excluding hydrogens is 426 g/mol. The van der Waals surface area contributed by atoms with Crippen LogP contribution in [0.1, 0.15) is 29.8 Å². The zero-order valence-corrected chi connectivity index (χ0v) is 19.0. The Morgan fingerprint density at radius 3 is 2.56 bits per heavy atom. The van der Waals surface area contributed by atoms with Crippen LogP contribution in [0.5, 0.6) is 5.75 Å². The Balaban J connectivity index is 1.81. The molecule has 0 amide bonds. The molecule has 0 fully saturated rings. The van der Waals surface area contributed by atoms with Crippen LogP contribution in [-0.4, -0.2) is 38.6 Å². The van der Waals surface area contributed by atoms with E-state index < -0.39 is 15.9 Å². The number of benzene rings is 2. The predicted octanol–water partition coefficient (Wildman–Crippen LogP) is 3.25. The maximum absolute atomic E-state index is 13.5. The lowest BCUT2D eigenvalue weighted by Crippen LogP contribution is -2.30. The van der Waals surface area contributed by atoms with Crippen LogP contribution in [0.2, 0.25) is 0 Å². The van der Waals surface area contributed by atoms with Crippen molar-refractivity contribution in [2.45, 2.75) is 31.2 Å². The van der Waals surface area contributed by atoms with Gasteiger partial charge in [0, 0.05) is 18.8 Å². The molecule has 0 saturated heterocycles. The first-order valence-corrected chi connectivity index (χ1v) is 11.8. The molecule has 3 aromatic rings. The van der Waals surface area contributed by atoms with Gasteiger partial charge in [0.15, 0.2) is 0 Å². The number of nitrogens with zero attached hydrogens (tertiary/aromatic N) is 3. The fourth-order valence-corrected chi connectivity index (χ4v) is 5.33. The highest BCUT2D eigenvalue weighted by molar-refractivity contribution is 7.92. The molecule has 4 rings (SSSR count). The van der Waals surface area contributed by atoms with Gasteiger partial charge < -0.3 is 4.74 Å². The molecule has 0 radical (unpaired) electrons. The van der Waals surface area contributed by atoms with Crippen molar-refractivity contribution in [3.63, 3.8) is 0 Å². The molecule has 0 aliphatic carbocycles. The average Bonchev–Trinajstić information content (AvgIpc) is 3.23. The van der Waals surface area contributed by atoms with Crippen molar-refractivity contribution in [1.29, 1.82) is 0 Å². The fraction of sp³-hybridized carbons (Fsp3) is 0.250. The van der Waals surface area contributed by atoms with Crippen molar-refractivity contribution in [2.24, 2.45) is 4.99 Å². The van der Waals surface area contributed by atoms with Gasteiger partial charge in [0.25, 0.3) is 15.9 Å². The summed E-state index contributed by atoms with van der Waals surface area (Å²) in [6.45, 7) is 4.20. The summed E-state index contributed by atoms with van der Waals surface area (Å²) in [5.41, 5.74) is 2.29. The molecule has 0 atom stereocenters. The molecule has 0 N–H and O–H groups in total. The van der Waals surface area contributed by atoms with Crippen LogP contribution in [0.4, 0.5) is 5.69 Å². The van der Waals surface area contributed by atoms with Gasteiger partial charge in [0.1, 0.15) is 11.2 Å². The van der Waals surface area contributed by atoms with Crippen molar-refractivity contribution in [1.82, 2.24) is 4.57 Å². The molecule has 0 unspecified atom stereocenters. The molecule has 1 aliphatic heterocycles. The number of fused-ring (bicyclic) bond motifs is 1. The minimum absolute atomic E-state index is 0.0136. The number of pyridine rings is 1. The first-order chi connectivity index (χ1) is 15.3. The zero-order chi connectivity index (χ0) is 22.9. The number of hydrogen-bond donors (Lipinski definition) is 0. The van der Waals surface area contributed by atoms with Crippen LogP contribution in [0.25, 0.3) is 0 Å². The van der Waals surface area contributed by atoms with Crippen molar-refractivity contribution in [3.8, 4) is 5.75 Å². The van der Waals surface area contributed by atoms with E-state index in [-0.39, 0.29) is 16.5 Å². The summed E-state index contributed by atoms with van der Waals surface area (Å²) in [6.07, 6.45) is 2.26. The molecule has 32 heavy (non-hydrogen) atoms. The highest BCUT2D eigenvalue weighted by Crippen LogP contribution is 2.34. The van der Waals surface area contributed by atoms with Gasteiger partial charge >= 0.3 is 0 Å². The van der Waals surface area contributed by atoms with Crippen molar-refractivity contribution >= 4 is 21.6 Å². The Morgan fingerprint density at radius 2 is 1.81 bits per heavy atom. The molecule has 0 spiro atoms. The molecule has 8 heteroatoms. The Bertz CT molecular complexity index is 1340. The maximum atomic E-state index is 13.5. The maximum Gasteiger partial charge on any atom is 0.267 e. The van der Waals surface area contributed by atoms with Crippen LogP contribution in [0.3, 0.4) is 0 Å². The fourth-order valence-electron chi connectivity index (χ4n) is 3.80. The number of ether oxygens (including phenoxy) is 1. The third kappa shape index (κ3) is 3.93. The van der Waals surface area contributed by atoms with E-state index in [1.165, 1.54) is 34.2 Å². The number of methoxy groups -OCH3 is 1. The summed E-state index contributed by atoms with van der Waals surface area (Å²) in [4.78, 5) is 18.0. The Kier molecular flexibility index (Phi) is 5.88. The second kappa shape index (κ2) is 8.63. The van der Waals surface area contributed by atoms with Crippen molar-refractivity contribution < 1.29 is 17.9 Å². The van der Waals surface area contributed by atoms with Gasteiger partial charge in [-0.2, -0.15) is 0 Å². The molecule has 166 valence electrons. The number of sulfonamides is 1. The molecule has 2 aromatic carbocycles. The molecule has 2 heterocycles. The van der Waals surface area contributed by atoms with Crippen LogP contribution >= 0.6 is 0 Å². The number of carbonyl (C=O) groups is 1. The highest BCUT2D eigenvalue weighted by Gasteiger charge is 2.31. The Hall–Kier alpha value is -3.39. The van der Waals surface area contributed by atoms with E-state index in [0.29, 0.717) is 29.9 Å². The summed E-state index contributed by atoms with van der Waals surface area (Å²) in [7, 11) is -2.40. The summed E-state index contributed by atoms with van der Waals surface area (Å²) in [6, 6.07) is 17.1. The molecule has 1 aromatic heterocycles. The summed E-state index contributed by atoms with van der Waals surface area (Å²) < 4.78 is 35.1. The van der Waals surface area contributed by atoms with Gasteiger partial charge in [-0.1, -0.05) is 24.3 Å². The largest absolute Gasteiger partial charge is 0.496 e. The topological polar surface area (TPSA) is 81.0 Å². The van der Waals surface area contributed by atoms with Gasteiger partial charge in [0.2, 0.25) is 0 Å². The molecule has 7 nitrogen and oxygen atoms in total. The van der Waals surface area contributed by atoms with E-state index in [2.05, 4.69) is 4.99 Å². The van der Waals surface area contributed by atoms with E-state index in [1.54, 1.807) is 30.5 Å². The summed E-state index contributed by atoms with van der Waals surface area (Å²) >= 11 is 0. The van der Waals surface area contributed by atoms with E-state index >= 15 is 0 Å². The number of hydrogen-bond acceptors (Lipinski definition) is 5. The van der Waals surface area contributed by atoms with E-state index in [0.717, 1.165) is 5.56 Å². The predicted molar refractivity (Wildman–Crippen MR) is 123 cm³/mol. The van der Waals surface area contributed by atoms with Gasteiger partial charge in [-0.05, 0) is 62.2 Å². The lowest BCUT2D eigenvalue weighted by molar-refractivity contribution is 0.0951. The summed E-state index contributed by atoms with van der Waals surface area (Å²) in [5.74, 6) is -0.122. The van der Waals surface area contributed by atoms with Crippen molar-refractivity contribution in [3.05, 3.63) is 83.5 Å². The first-order valence-electron chi connectivity index (χ1n) is 10.4. The minimum Gasteiger partial charge on any atom is -0.496 e. The quantitative estimate of drug-likeness (QED) is 0.596. The van der Waals surface area contributed by atoms with Crippen LogP contribution in [0.15, 0.2) is 76.7 Å². The van der Waals surface area contributed by atoms with Gasteiger partial charge in [0.05, 0.1) is 23.3 Å². The lowest BCUT2D eigenvalue weighted by atomic mass is 10.2. The molecule has 0 bridgehead atoms. The van der Waals surface area contributed by atoms with E-state index in [4.69, 9.17) is 4.74 Å². The van der Waals surface area contributed by atoms with E-state index in [9.17, 15) is 13.2 Å². The smallest absolute Gasteiger partial charge is 0.267 e. The van der Waals surface area contributed by atoms with Crippen LogP contribution < -0.4 is 14.5 Å². The number of anilines is 1. The zero-order valence-electron chi connectivity index (χ0n) is 18.2. The van der Waals surface area contributed by atoms with Crippen LogP contribution in [0, 0.1) is 0 Å². The first kappa shape index (κ1) is 21.8. The third-order valence-electron chi connectivity index (χ3n) is 5.28. The van der Waals surface area contributed by atoms with Gasteiger partial charge in [-0.15, -0.1) is 0 Å². The molecule has 1 aliphatic rings. The van der Waals surface area contributed by atoms with Gasteiger partial charge in [-0.25, -0.2) is 8.42 Å². The summed E-state index contributed by atoms with van der Waals surface area (Å²) in [5, 5.41) is 0. The van der Waals surface area contributed by atoms with Crippen LogP contribution in [-0.2, 0) is 16.4 Å². The highest BCUT2D eigenvalue weighted by atomic mass is 32.2. The third-order valence-corrected chi connectivity index (χ3v) is 7.09. The Morgan fingerprint density at radius 1 is 1.06 bits per heavy atom. The number of aromatic nitrogens is 1. The number of para-hydroxylation sites is 1. The van der Waals surface area contributed by atoms with Gasteiger partial charge in [-0.3, -0.25) is 18.7 Å². The normalized spacial score (nSPS) is 14.0. The van der Waals surface area contributed by atoms with E-state index in [1.807, 2.05) is 32.0 Å². The molecule has 0 saturated carbocycles. The monoisotopic (exact) mass is 451 g/mol. The number of carbonyl (C=O) groups excluding carboxylic acids is 1. The Labute approximate surface area is 187 Å². The second-order valence-corrected chi connectivity index (χ2v) is 9.64. The molecular formula is C24H25N3O4S. The van der Waals surface area contributed by atoms with Crippen molar-refractivity contribution in [2.75, 3.05) is 18.0 Å². The minimum atomic E-state index is -3.85. The standard InChI is InChI=1S/C24H25N3O4S/c1-17(2)25-23-10-6-7-14-26(23)24(28)20-16-19(11-12-22(20)31-3)32(29,30)27-15-13-18-8-4-5-9-21(18)27/h4-12,14,16-17H,13,15H2,1-3H3. The lowest BCUT2D eigenvalue weighted by Gasteiger charge is -2.20. The SMILES string of the molecule is COc1ccc(S(=O)(=O)N2CCc3ccccc32)cc1C(=O)n1ccccc1=NC(C)C. The second-order valence-electron chi connectivity index (χ2n) is 7.77.